The number of amides is 1. The Bertz CT molecular complexity index is 785. The largest absolute Gasteiger partial charge is 0.481 e. The molecular weight excluding hydrogens is 368 g/mol. The fourth-order valence-electron chi connectivity index (χ4n) is 3.73. The number of hydrogen-bond donors (Lipinski definition) is 1. The molecule has 7 nitrogen and oxygen atoms in total. The number of sulfonamides is 1. The zero-order valence-electron chi connectivity index (χ0n) is 15.3. The van der Waals surface area contributed by atoms with Crippen molar-refractivity contribution in [3.05, 3.63) is 29.8 Å². The van der Waals surface area contributed by atoms with Gasteiger partial charge < -0.3 is 10.0 Å². The van der Waals surface area contributed by atoms with E-state index in [1.54, 1.807) is 29.2 Å². The van der Waals surface area contributed by atoms with Crippen LogP contribution in [-0.2, 0) is 26.0 Å². The van der Waals surface area contributed by atoms with Crippen LogP contribution in [-0.4, -0.2) is 60.8 Å². The first-order valence-corrected chi connectivity index (χ1v) is 10.9. The van der Waals surface area contributed by atoms with Crippen LogP contribution in [0.3, 0.4) is 0 Å². The third kappa shape index (κ3) is 4.68. The highest BCUT2D eigenvalue weighted by molar-refractivity contribution is 7.89. The standard InChI is InChI=1S/C19H26N2O5S/c22-18(20-10-4-5-16(14-20)19(23)24)13-15-6-8-17(9-7-15)27(25,26)21-11-2-1-3-12-21/h6-9,16H,1-5,10-14H2,(H,23,24)/t16-/m0/s1. The number of piperidine rings is 2. The van der Waals surface area contributed by atoms with Crippen molar-refractivity contribution in [1.29, 1.82) is 0 Å². The molecule has 1 amide bonds. The first-order valence-electron chi connectivity index (χ1n) is 9.47. The van der Waals surface area contributed by atoms with Crippen molar-refractivity contribution in [2.45, 2.75) is 43.4 Å². The van der Waals surface area contributed by atoms with Crippen LogP contribution in [0.4, 0.5) is 0 Å². The van der Waals surface area contributed by atoms with E-state index in [1.807, 2.05) is 0 Å². The highest BCUT2D eigenvalue weighted by atomic mass is 32.2. The first-order chi connectivity index (χ1) is 12.9. The molecule has 1 N–H and O–H groups in total. The Balaban J connectivity index is 1.63. The van der Waals surface area contributed by atoms with Crippen LogP contribution in [0.2, 0.25) is 0 Å². The van der Waals surface area contributed by atoms with Gasteiger partial charge in [0, 0.05) is 26.2 Å². The van der Waals surface area contributed by atoms with Crippen LogP contribution in [0.1, 0.15) is 37.7 Å². The van der Waals surface area contributed by atoms with Crippen LogP contribution < -0.4 is 0 Å². The number of carbonyl (C=O) groups is 2. The maximum atomic E-state index is 12.7. The Morgan fingerprint density at radius 2 is 1.67 bits per heavy atom. The van der Waals surface area contributed by atoms with Gasteiger partial charge in [0.15, 0.2) is 0 Å². The lowest BCUT2D eigenvalue weighted by atomic mass is 9.97. The molecule has 2 fully saturated rings. The maximum absolute atomic E-state index is 12.7. The molecular formula is C19H26N2O5S. The van der Waals surface area contributed by atoms with Crippen molar-refractivity contribution in [3.63, 3.8) is 0 Å². The van der Waals surface area contributed by atoms with Crippen molar-refractivity contribution < 1.29 is 23.1 Å². The quantitative estimate of drug-likeness (QED) is 0.821. The molecule has 2 saturated heterocycles. The topological polar surface area (TPSA) is 95.0 Å². The summed E-state index contributed by atoms with van der Waals surface area (Å²) in [5.41, 5.74) is 0.732. The summed E-state index contributed by atoms with van der Waals surface area (Å²) >= 11 is 0. The summed E-state index contributed by atoms with van der Waals surface area (Å²) < 4.78 is 26.9. The number of rotatable bonds is 5. The van der Waals surface area contributed by atoms with Crippen LogP contribution in [0, 0.1) is 5.92 Å². The predicted molar refractivity (Wildman–Crippen MR) is 99.7 cm³/mol. The number of likely N-dealkylation sites (tertiary alicyclic amines) is 1. The molecule has 1 atom stereocenters. The first kappa shape index (κ1) is 19.8. The van der Waals surface area contributed by atoms with Crippen LogP contribution in [0.5, 0.6) is 0 Å². The van der Waals surface area contributed by atoms with E-state index < -0.39 is 21.9 Å². The van der Waals surface area contributed by atoms with E-state index >= 15 is 0 Å². The Hall–Kier alpha value is -1.93. The molecule has 27 heavy (non-hydrogen) atoms. The minimum Gasteiger partial charge on any atom is -0.481 e. The van der Waals surface area contributed by atoms with Gasteiger partial charge >= 0.3 is 5.97 Å². The van der Waals surface area contributed by atoms with E-state index in [0.717, 1.165) is 24.8 Å². The van der Waals surface area contributed by atoms with Crippen LogP contribution in [0.15, 0.2) is 29.2 Å². The summed E-state index contributed by atoms with van der Waals surface area (Å²) in [6.07, 6.45) is 4.28. The van der Waals surface area contributed by atoms with Gasteiger partial charge in [0.2, 0.25) is 15.9 Å². The van der Waals surface area contributed by atoms with E-state index in [2.05, 4.69) is 0 Å². The lowest BCUT2D eigenvalue weighted by Gasteiger charge is -2.30. The second kappa shape index (κ2) is 8.39. The maximum Gasteiger partial charge on any atom is 0.308 e. The number of hydrogen-bond acceptors (Lipinski definition) is 4. The minimum atomic E-state index is -3.47. The molecule has 0 spiro atoms. The Labute approximate surface area is 160 Å². The molecule has 1 aromatic carbocycles. The van der Waals surface area contributed by atoms with E-state index in [-0.39, 0.29) is 23.8 Å². The van der Waals surface area contributed by atoms with Crippen LogP contribution >= 0.6 is 0 Å². The Morgan fingerprint density at radius 3 is 2.30 bits per heavy atom. The van der Waals surface area contributed by atoms with Crippen molar-refractivity contribution in [1.82, 2.24) is 9.21 Å². The average Bonchev–Trinajstić information content (AvgIpc) is 2.69. The van der Waals surface area contributed by atoms with E-state index in [9.17, 15) is 18.0 Å². The van der Waals surface area contributed by atoms with E-state index in [1.165, 1.54) is 4.31 Å². The second-order valence-electron chi connectivity index (χ2n) is 7.30. The molecule has 2 heterocycles. The summed E-state index contributed by atoms with van der Waals surface area (Å²) in [5.74, 6) is -1.48. The molecule has 148 valence electrons. The molecule has 0 bridgehead atoms. The fourth-order valence-corrected chi connectivity index (χ4v) is 5.24. The molecule has 2 aliphatic heterocycles. The third-order valence-corrected chi connectivity index (χ3v) is 7.27. The molecule has 1 aromatic rings. The third-order valence-electron chi connectivity index (χ3n) is 5.35. The molecule has 0 aromatic heterocycles. The zero-order valence-corrected chi connectivity index (χ0v) is 16.2. The van der Waals surface area contributed by atoms with Crippen molar-refractivity contribution in [2.24, 2.45) is 5.92 Å². The van der Waals surface area contributed by atoms with Gasteiger partial charge in [0.25, 0.3) is 0 Å². The van der Waals surface area contributed by atoms with Gasteiger partial charge in [-0.05, 0) is 43.4 Å². The summed E-state index contributed by atoms with van der Waals surface area (Å²) in [6.45, 7) is 1.93. The minimum absolute atomic E-state index is 0.118. The van der Waals surface area contributed by atoms with E-state index in [4.69, 9.17) is 5.11 Å². The second-order valence-corrected chi connectivity index (χ2v) is 9.24. The van der Waals surface area contributed by atoms with E-state index in [0.29, 0.717) is 32.5 Å². The average molecular weight is 394 g/mol. The molecule has 3 rings (SSSR count). The lowest BCUT2D eigenvalue weighted by Crippen LogP contribution is -2.43. The van der Waals surface area contributed by atoms with Gasteiger partial charge in [0.05, 0.1) is 17.2 Å². The van der Waals surface area contributed by atoms with Crippen molar-refractivity contribution in [3.8, 4) is 0 Å². The molecule has 0 aliphatic carbocycles. The van der Waals surface area contributed by atoms with Gasteiger partial charge in [0.1, 0.15) is 0 Å². The zero-order chi connectivity index (χ0) is 19.4. The van der Waals surface area contributed by atoms with Gasteiger partial charge in [-0.3, -0.25) is 9.59 Å². The molecule has 0 radical (unpaired) electrons. The van der Waals surface area contributed by atoms with Crippen molar-refractivity contribution in [2.75, 3.05) is 26.2 Å². The molecule has 2 aliphatic rings. The SMILES string of the molecule is O=C(O)[C@H]1CCCN(C(=O)Cc2ccc(S(=O)(=O)N3CCCCC3)cc2)C1. The fraction of sp³-hybridized carbons (Fsp3) is 0.579. The summed E-state index contributed by atoms with van der Waals surface area (Å²) in [4.78, 5) is 25.5. The summed E-state index contributed by atoms with van der Waals surface area (Å²) in [7, 11) is -3.47. The van der Waals surface area contributed by atoms with Crippen LogP contribution in [0.25, 0.3) is 0 Å². The normalized spacial score (nSPS) is 21.8. The number of carboxylic acids is 1. The lowest BCUT2D eigenvalue weighted by molar-refractivity contribution is -0.145. The van der Waals surface area contributed by atoms with Gasteiger partial charge in [-0.2, -0.15) is 4.31 Å². The van der Waals surface area contributed by atoms with Gasteiger partial charge in [-0.15, -0.1) is 0 Å². The number of aliphatic carboxylic acids is 1. The van der Waals surface area contributed by atoms with Gasteiger partial charge in [-0.1, -0.05) is 18.6 Å². The number of nitrogens with zero attached hydrogens (tertiary/aromatic N) is 2. The number of carbonyl (C=O) groups excluding carboxylic acids is 1. The highest BCUT2D eigenvalue weighted by Gasteiger charge is 2.28. The van der Waals surface area contributed by atoms with Crippen molar-refractivity contribution >= 4 is 21.9 Å². The summed E-state index contributed by atoms with van der Waals surface area (Å²) in [5, 5.41) is 9.14. The molecule has 0 saturated carbocycles. The smallest absolute Gasteiger partial charge is 0.308 e. The molecule has 8 heteroatoms. The Kier molecular flexibility index (Phi) is 6.16. The molecule has 0 unspecified atom stereocenters. The number of carboxylic acid groups (broad SMARTS) is 1. The predicted octanol–water partition coefficient (Wildman–Crippen LogP) is 1.73. The summed E-state index contributed by atoms with van der Waals surface area (Å²) in [6, 6.07) is 6.46. The van der Waals surface area contributed by atoms with Gasteiger partial charge in [-0.25, -0.2) is 8.42 Å². The Morgan fingerprint density at radius 1 is 1.00 bits per heavy atom. The highest BCUT2D eigenvalue weighted by Crippen LogP contribution is 2.22. The monoisotopic (exact) mass is 394 g/mol. The number of benzene rings is 1.